The summed E-state index contributed by atoms with van der Waals surface area (Å²) in [6.07, 6.45) is 0. The quantitative estimate of drug-likeness (QED) is 0.709. The maximum Gasteiger partial charge on any atom is 0.216 e. The summed E-state index contributed by atoms with van der Waals surface area (Å²) in [7, 11) is -3.39. The molecule has 0 fully saturated rings. The minimum Gasteiger partial charge on any atom is -0.212 e. The fourth-order valence-corrected chi connectivity index (χ4v) is 4.16. The van der Waals surface area contributed by atoms with Crippen LogP contribution < -0.4 is 4.72 Å². The Morgan fingerprint density at radius 2 is 1.28 bits per heavy atom. The average Bonchev–Trinajstić information content (AvgIpc) is 2.62. The van der Waals surface area contributed by atoms with Gasteiger partial charge in [0, 0.05) is 6.04 Å². The summed E-state index contributed by atoms with van der Waals surface area (Å²) in [6, 6.07) is 27.0. The van der Waals surface area contributed by atoms with Gasteiger partial charge in [-0.25, -0.2) is 13.1 Å². The molecule has 0 aromatic heterocycles. The fourth-order valence-electron chi connectivity index (χ4n) is 2.77. The number of rotatable bonds is 6. The van der Waals surface area contributed by atoms with E-state index in [0.29, 0.717) is 0 Å². The standard InChI is InChI=1S/C21H21NO2S/c1-17(22-25(23,24)16-18-8-4-2-5-9-18)19-12-14-21(15-13-19)20-10-6-3-7-11-20/h2-15,17,22H,16H2,1H3. The van der Waals surface area contributed by atoms with Gasteiger partial charge in [-0.3, -0.25) is 0 Å². The Morgan fingerprint density at radius 1 is 0.760 bits per heavy atom. The molecule has 3 rings (SSSR count). The molecule has 0 amide bonds. The van der Waals surface area contributed by atoms with Crippen LogP contribution in [0.15, 0.2) is 84.9 Å². The SMILES string of the molecule is CC(NS(=O)(=O)Cc1ccccc1)c1ccc(-c2ccccc2)cc1. The van der Waals surface area contributed by atoms with Crippen molar-refractivity contribution in [3.63, 3.8) is 0 Å². The smallest absolute Gasteiger partial charge is 0.212 e. The predicted octanol–water partition coefficient (Wildman–Crippen LogP) is 4.53. The maximum atomic E-state index is 12.4. The van der Waals surface area contributed by atoms with Crippen molar-refractivity contribution in [1.82, 2.24) is 4.72 Å². The lowest BCUT2D eigenvalue weighted by Crippen LogP contribution is -2.28. The minimum atomic E-state index is -3.39. The first kappa shape index (κ1) is 17.4. The van der Waals surface area contributed by atoms with E-state index in [4.69, 9.17) is 0 Å². The van der Waals surface area contributed by atoms with E-state index in [-0.39, 0.29) is 11.8 Å². The fraction of sp³-hybridized carbons (Fsp3) is 0.143. The van der Waals surface area contributed by atoms with Crippen molar-refractivity contribution in [2.75, 3.05) is 0 Å². The van der Waals surface area contributed by atoms with Crippen LogP contribution in [0.3, 0.4) is 0 Å². The summed E-state index contributed by atoms with van der Waals surface area (Å²) in [4.78, 5) is 0. The molecule has 1 N–H and O–H groups in total. The number of nitrogens with one attached hydrogen (secondary N) is 1. The molecule has 0 spiro atoms. The van der Waals surface area contributed by atoms with Crippen molar-refractivity contribution in [3.8, 4) is 11.1 Å². The van der Waals surface area contributed by atoms with Gasteiger partial charge in [-0.1, -0.05) is 84.9 Å². The lowest BCUT2D eigenvalue weighted by molar-refractivity contribution is 0.566. The van der Waals surface area contributed by atoms with Crippen LogP contribution in [0.2, 0.25) is 0 Å². The van der Waals surface area contributed by atoms with Gasteiger partial charge in [-0.05, 0) is 29.2 Å². The first-order valence-corrected chi connectivity index (χ1v) is 9.88. The highest BCUT2D eigenvalue weighted by Gasteiger charge is 2.16. The summed E-state index contributed by atoms with van der Waals surface area (Å²) in [6.45, 7) is 1.86. The Kier molecular flexibility index (Phi) is 5.31. The largest absolute Gasteiger partial charge is 0.216 e. The highest BCUT2D eigenvalue weighted by molar-refractivity contribution is 7.88. The Morgan fingerprint density at radius 3 is 1.88 bits per heavy atom. The average molecular weight is 351 g/mol. The monoisotopic (exact) mass is 351 g/mol. The molecule has 4 heteroatoms. The molecule has 0 saturated heterocycles. The molecular formula is C21H21NO2S. The summed E-state index contributed by atoms with van der Waals surface area (Å²) in [5, 5.41) is 0. The highest BCUT2D eigenvalue weighted by Crippen LogP contribution is 2.22. The third-order valence-corrected chi connectivity index (χ3v) is 5.50. The molecule has 1 atom stereocenters. The second kappa shape index (κ2) is 7.64. The summed E-state index contributed by atoms with van der Waals surface area (Å²) < 4.78 is 27.5. The normalized spacial score (nSPS) is 12.7. The van der Waals surface area contributed by atoms with E-state index in [2.05, 4.69) is 16.9 Å². The molecule has 3 aromatic carbocycles. The molecule has 25 heavy (non-hydrogen) atoms. The van der Waals surface area contributed by atoms with Crippen LogP contribution >= 0.6 is 0 Å². The zero-order chi connectivity index (χ0) is 17.7. The summed E-state index contributed by atoms with van der Waals surface area (Å²) in [5.74, 6) is -0.0136. The Hall–Kier alpha value is -2.43. The molecule has 0 aliphatic carbocycles. The molecule has 0 saturated carbocycles. The van der Waals surface area contributed by atoms with Gasteiger partial charge in [-0.15, -0.1) is 0 Å². The van der Waals surface area contributed by atoms with E-state index in [1.165, 1.54) is 0 Å². The molecule has 0 aliphatic heterocycles. The number of hydrogen-bond acceptors (Lipinski definition) is 2. The van der Waals surface area contributed by atoms with Crippen LogP contribution in [0.4, 0.5) is 0 Å². The zero-order valence-electron chi connectivity index (χ0n) is 14.1. The van der Waals surface area contributed by atoms with Crippen molar-refractivity contribution in [3.05, 3.63) is 96.1 Å². The van der Waals surface area contributed by atoms with Crippen molar-refractivity contribution >= 4 is 10.0 Å². The van der Waals surface area contributed by atoms with Gasteiger partial charge in [-0.2, -0.15) is 0 Å². The van der Waals surface area contributed by atoms with Crippen molar-refractivity contribution in [2.24, 2.45) is 0 Å². The van der Waals surface area contributed by atoms with Gasteiger partial charge < -0.3 is 0 Å². The van der Waals surface area contributed by atoms with Gasteiger partial charge in [0.15, 0.2) is 0 Å². The molecular weight excluding hydrogens is 330 g/mol. The number of benzene rings is 3. The Labute approximate surface area is 149 Å². The molecule has 1 unspecified atom stereocenters. The molecule has 0 bridgehead atoms. The first-order valence-electron chi connectivity index (χ1n) is 8.23. The van der Waals surface area contributed by atoms with Crippen LogP contribution in [0, 0.1) is 0 Å². The van der Waals surface area contributed by atoms with E-state index in [9.17, 15) is 8.42 Å². The Balaban J connectivity index is 1.69. The lowest BCUT2D eigenvalue weighted by atomic mass is 10.0. The van der Waals surface area contributed by atoms with E-state index in [1.54, 1.807) is 0 Å². The van der Waals surface area contributed by atoms with Gasteiger partial charge in [0.05, 0.1) is 5.75 Å². The Bertz CT molecular complexity index is 905. The van der Waals surface area contributed by atoms with Crippen LogP contribution in [-0.4, -0.2) is 8.42 Å². The molecule has 0 radical (unpaired) electrons. The third-order valence-electron chi connectivity index (χ3n) is 4.07. The highest BCUT2D eigenvalue weighted by atomic mass is 32.2. The van der Waals surface area contributed by atoms with Crippen LogP contribution in [-0.2, 0) is 15.8 Å². The first-order chi connectivity index (χ1) is 12.0. The predicted molar refractivity (Wildman–Crippen MR) is 102 cm³/mol. The molecule has 0 aliphatic rings. The van der Waals surface area contributed by atoms with Gasteiger partial charge in [0.1, 0.15) is 0 Å². The van der Waals surface area contributed by atoms with Crippen molar-refractivity contribution in [1.29, 1.82) is 0 Å². The third kappa shape index (κ3) is 4.78. The number of hydrogen-bond donors (Lipinski definition) is 1. The summed E-state index contributed by atoms with van der Waals surface area (Å²) in [5.41, 5.74) is 3.98. The lowest BCUT2D eigenvalue weighted by Gasteiger charge is -2.15. The van der Waals surface area contributed by atoms with Crippen LogP contribution in [0.1, 0.15) is 24.1 Å². The van der Waals surface area contributed by atoms with Crippen molar-refractivity contribution < 1.29 is 8.42 Å². The van der Waals surface area contributed by atoms with E-state index < -0.39 is 10.0 Å². The van der Waals surface area contributed by atoms with Crippen LogP contribution in [0.25, 0.3) is 11.1 Å². The second-order valence-corrected chi connectivity index (χ2v) is 7.83. The topological polar surface area (TPSA) is 46.2 Å². The second-order valence-electron chi connectivity index (χ2n) is 6.07. The van der Waals surface area contributed by atoms with E-state index >= 15 is 0 Å². The molecule has 0 heterocycles. The minimum absolute atomic E-state index is 0.0136. The maximum absolute atomic E-state index is 12.4. The van der Waals surface area contributed by atoms with E-state index in [1.807, 2.05) is 79.7 Å². The van der Waals surface area contributed by atoms with Gasteiger partial charge in [0.2, 0.25) is 10.0 Å². The zero-order valence-corrected chi connectivity index (χ0v) is 14.9. The van der Waals surface area contributed by atoms with Gasteiger partial charge >= 0.3 is 0 Å². The molecule has 3 aromatic rings. The van der Waals surface area contributed by atoms with Gasteiger partial charge in [0.25, 0.3) is 0 Å². The van der Waals surface area contributed by atoms with Crippen LogP contribution in [0.5, 0.6) is 0 Å². The van der Waals surface area contributed by atoms with E-state index in [0.717, 1.165) is 22.3 Å². The molecule has 128 valence electrons. The van der Waals surface area contributed by atoms with Crippen molar-refractivity contribution in [2.45, 2.75) is 18.7 Å². The molecule has 3 nitrogen and oxygen atoms in total. The summed E-state index contributed by atoms with van der Waals surface area (Å²) >= 11 is 0. The number of sulfonamides is 1.